The molecular formula is C18H25FN2O3. The second kappa shape index (κ2) is 8.78. The lowest BCUT2D eigenvalue weighted by Gasteiger charge is -2.29. The van der Waals surface area contributed by atoms with Crippen molar-refractivity contribution in [3.63, 3.8) is 0 Å². The van der Waals surface area contributed by atoms with E-state index in [0.717, 1.165) is 19.4 Å². The van der Waals surface area contributed by atoms with Crippen molar-refractivity contribution in [1.29, 1.82) is 0 Å². The summed E-state index contributed by atoms with van der Waals surface area (Å²) in [5.41, 5.74) is 0.694. The van der Waals surface area contributed by atoms with Gasteiger partial charge in [0.05, 0.1) is 19.1 Å². The second-order valence-electron chi connectivity index (χ2n) is 6.20. The lowest BCUT2D eigenvalue weighted by Crippen LogP contribution is -2.43. The lowest BCUT2D eigenvalue weighted by molar-refractivity contribution is -0.144. The molecule has 2 rings (SSSR count). The van der Waals surface area contributed by atoms with Gasteiger partial charge in [-0.05, 0) is 50.9 Å². The molecule has 1 heterocycles. The first-order valence-corrected chi connectivity index (χ1v) is 8.44. The zero-order chi connectivity index (χ0) is 17.5. The number of hydrogen-bond donors (Lipinski definition) is 2. The molecule has 1 aromatic carbocycles. The molecule has 0 bridgehead atoms. The van der Waals surface area contributed by atoms with Gasteiger partial charge in [0.25, 0.3) is 0 Å². The summed E-state index contributed by atoms with van der Waals surface area (Å²) in [6, 6.07) is 5.61. The smallest absolute Gasteiger partial charge is 0.308 e. The Labute approximate surface area is 142 Å². The van der Waals surface area contributed by atoms with Gasteiger partial charge in [-0.25, -0.2) is 4.39 Å². The van der Waals surface area contributed by atoms with Crippen molar-refractivity contribution < 1.29 is 18.7 Å². The minimum atomic E-state index is -0.512. The summed E-state index contributed by atoms with van der Waals surface area (Å²) >= 11 is 0. The quantitative estimate of drug-likeness (QED) is 0.783. The first-order valence-electron chi connectivity index (χ1n) is 8.44. The Bertz CT molecular complexity index is 562. The largest absolute Gasteiger partial charge is 0.466 e. The first kappa shape index (κ1) is 18.4. The third kappa shape index (κ3) is 5.30. The van der Waals surface area contributed by atoms with E-state index in [4.69, 9.17) is 4.74 Å². The molecular weight excluding hydrogens is 311 g/mol. The Balaban J connectivity index is 2.08. The molecule has 1 aliphatic heterocycles. The van der Waals surface area contributed by atoms with Crippen molar-refractivity contribution in [2.24, 2.45) is 5.92 Å². The Kier molecular flexibility index (Phi) is 6.73. The maximum Gasteiger partial charge on any atom is 0.308 e. The predicted molar refractivity (Wildman–Crippen MR) is 88.7 cm³/mol. The molecule has 0 radical (unpaired) electrons. The van der Waals surface area contributed by atoms with Gasteiger partial charge < -0.3 is 15.4 Å². The molecule has 1 unspecified atom stereocenters. The molecule has 132 valence electrons. The number of esters is 1. The summed E-state index contributed by atoms with van der Waals surface area (Å²) in [5, 5.41) is 6.25. The SMILES string of the molecule is CCOC(=O)CC(NC(=O)[C@H]1CCN[C@@H](C)C1)c1ccc(F)cc1. The van der Waals surface area contributed by atoms with Crippen LogP contribution in [-0.2, 0) is 14.3 Å². The number of amides is 1. The number of benzene rings is 1. The third-order valence-corrected chi connectivity index (χ3v) is 4.26. The fourth-order valence-corrected chi connectivity index (χ4v) is 2.99. The van der Waals surface area contributed by atoms with Crippen LogP contribution in [0, 0.1) is 11.7 Å². The van der Waals surface area contributed by atoms with Gasteiger partial charge in [0.2, 0.25) is 5.91 Å². The van der Waals surface area contributed by atoms with E-state index in [2.05, 4.69) is 17.6 Å². The molecule has 5 nitrogen and oxygen atoms in total. The number of hydrogen-bond acceptors (Lipinski definition) is 4. The average Bonchev–Trinajstić information content (AvgIpc) is 2.55. The molecule has 24 heavy (non-hydrogen) atoms. The van der Waals surface area contributed by atoms with Gasteiger partial charge in [-0.2, -0.15) is 0 Å². The number of carbonyl (C=O) groups excluding carboxylic acids is 2. The fraction of sp³-hybridized carbons (Fsp3) is 0.556. The van der Waals surface area contributed by atoms with Crippen molar-refractivity contribution >= 4 is 11.9 Å². The van der Waals surface area contributed by atoms with Gasteiger partial charge in [-0.1, -0.05) is 12.1 Å². The zero-order valence-electron chi connectivity index (χ0n) is 14.2. The molecule has 0 aliphatic carbocycles. The van der Waals surface area contributed by atoms with Crippen LogP contribution in [0.4, 0.5) is 4.39 Å². The first-order chi connectivity index (χ1) is 11.5. The molecule has 1 aromatic rings. The van der Waals surface area contributed by atoms with Gasteiger partial charge in [-0.15, -0.1) is 0 Å². The van der Waals surface area contributed by atoms with Gasteiger partial charge in [0, 0.05) is 12.0 Å². The minimum Gasteiger partial charge on any atom is -0.466 e. The van der Waals surface area contributed by atoms with E-state index in [0.29, 0.717) is 11.6 Å². The van der Waals surface area contributed by atoms with Gasteiger partial charge in [0.15, 0.2) is 0 Å². The van der Waals surface area contributed by atoms with E-state index >= 15 is 0 Å². The monoisotopic (exact) mass is 336 g/mol. The fourth-order valence-electron chi connectivity index (χ4n) is 2.99. The summed E-state index contributed by atoms with van der Waals surface area (Å²) < 4.78 is 18.1. The Hall–Kier alpha value is -1.95. The maximum atomic E-state index is 13.1. The van der Waals surface area contributed by atoms with Crippen LogP contribution in [-0.4, -0.2) is 31.1 Å². The van der Waals surface area contributed by atoms with Crippen LogP contribution in [0.1, 0.15) is 44.7 Å². The van der Waals surface area contributed by atoms with E-state index in [-0.39, 0.29) is 36.6 Å². The molecule has 0 spiro atoms. The standard InChI is InChI=1S/C18H25FN2O3/c1-3-24-17(22)11-16(13-4-6-15(19)7-5-13)21-18(23)14-8-9-20-12(2)10-14/h4-7,12,14,16,20H,3,8-11H2,1-2H3,(H,21,23)/t12-,14-,16?/m0/s1. The van der Waals surface area contributed by atoms with Crippen molar-refractivity contribution in [1.82, 2.24) is 10.6 Å². The van der Waals surface area contributed by atoms with Crippen molar-refractivity contribution in [2.75, 3.05) is 13.2 Å². The summed E-state index contributed by atoms with van der Waals surface area (Å²) in [6.07, 6.45) is 1.57. The van der Waals surface area contributed by atoms with Gasteiger partial charge in [0.1, 0.15) is 5.82 Å². The molecule has 0 aromatic heterocycles. The second-order valence-corrected chi connectivity index (χ2v) is 6.20. The van der Waals surface area contributed by atoms with E-state index in [9.17, 15) is 14.0 Å². The molecule has 6 heteroatoms. The van der Waals surface area contributed by atoms with E-state index in [1.807, 2.05) is 0 Å². The van der Waals surface area contributed by atoms with E-state index < -0.39 is 6.04 Å². The highest BCUT2D eigenvalue weighted by atomic mass is 19.1. The predicted octanol–water partition coefficient (Wildman–Crippen LogP) is 2.32. The normalized spacial score (nSPS) is 21.8. The lowest BCUT2D eigenvalue weighted by atomic mass is 9.91. The Morgan fingerprint density at radius 3 is 2.71 bits per heavy atom. The summed E-state index contributed by atoms with van der Waals surface area (Å²) in [6.45, 7) is 4.88. The molecule has 1 fully saturated rings. The average molecular weight is 336 g/mol. The molecule has 1 saturated heterocycles. The molecule has 2 N–H and O–H groups in total. The van der Waals surface area contributed by atoms with Gasteiger partial charge in [-0.3, -0.25) is 9.59 Å². The number of piperidine rings is 1. The maximum absolute atomic E-state index is 13.1. The zero-order valence-corrected chi connectivity index (χ0v) is 14.2. The highest BCUT2D eigenvalue weighted by molar-refractivity contribution is 5.80. The summed E-state index contributed by atoms with van der Waals surface area (Å²) in [4.78, 5) is 24.4. The van der Waals surface area contributed by atoms with E-state index in [1.54, 1.807) is 19.1 Å². The van der Waals surface area contributed by atoms with Crippen LogP contribution in [0.15, 0.2) is 24.3 Å². The van der Waals surface area contributed by atoms with Crippen molar-refractivity contribution in [3.05, 3.63) is 35.6 Å². The van der Waals surface area contributed by atoms with Crippen LogP contribution in [0.25, 0.3) is 0 Å². The number of ether oxygens (including phenoxy) is 1. The molecule has 3 atom stereocenters. The van der Waals surface area contributed by atoms with Gasteiger partial charge >= 0.3 is 5.97 Å². The number of carbonyl (C=O) groups is 2. The number of halogens is 1. The highest BCUT2D eigenvalue weighted by Crippen LogP contribution is 2.22. The van der Waals surface area contributed by atoms with Crippen molar-refractivity contribution in [2.45, 2.75) is 45.2 Å². The van der Waals surface area contributed by atoms with Crippen molar-refractivity contribution in [3.8, 4) is 0 Å². The topological polar surface area (TPSA) is 67.4 Å². The van der Waals surface area contributed by atoms with Crippen LogP contribution >= 0.6 is 0 Å². The Morgan fingerprint density at radius 1 is 1.38 bits per heavy atom. The summed E-state index contributed by atoms with van der Waals surface area (Å²) in [7, 11) is 0. The van der Waals surface area contributed by atoms with Crippen LogP contribution in [0.2, 0.25) is 0 Å². The highest BCUT2D eigenvalue weighted by Gasteiger charge is 2.27. The Morgan fingerprint density at radius 2 is 2.08 bits per heavy atom. The number of rotatable bonds is 6. The molecule has 1 aliphatic rings. The van der Waals surface area contributed by atoms with E-state index in [1.165, 1.54) is 12.1 Å². The van der Waals surface area contributed by atoms with Crippen LogP contribution in [0.5, 0.6) is 0 Å². The minimum absolute atomic E-state index is 0.0335. The third-order valence-electron chi connectivity index (χ3n) is 4.26. The molecule has 1 amide bonds. The molecule has 0 saturated carbocycles. The van der Waals surface area contributed by atoms with Crippen LogP contribution < -0.4 is 10.6 Å². The number of nitrogens with one attached hydrogen (secondary N) is 2. The van der Waals surface area contributed by atoms with Crippen LogP contribution in [0.3, 0.4) is 0 Å². The summed E-state index contributed by atoms with van der Waals surface area (Å²) in [5.74, 6) is -0.883.